The number of halogens is 2. The number of rotatable bonds is 4. The van der Waals surface area contributed by atoms with Gasteiger partial charge in [0.2, 0.25) is 0 Å². The van der Waals surface area contributed by atoms with E-state index in [1.165, 1.54) is 37.1 Å². The van der Waals surface area contributed by atoms with Gasteiger partial charge in [0, 0.05) is 11.4 Å². The molecule has 148 valence electrons. The lowest BCUT2D eigenvalue weighted by Gasteiger charge is -1.99. The zero-order chi connectivity index (χ0) is 19.6. The molecule has 2 aliphatic carbocycles. The number of nitrogens with one attached hydrogen (secondary N) is 2. The number of aromatic nitrogens is 4. The molecule has 10 heteroatoms. The van der Waals surface area contributed by atoms with Gasteiger partial charge < -0.3 is 0 Å². The van der Waals surface area contributed by atoms with Crippen molar-refractivity contribution in [3.05, 3.63) is 34.6 Å². The molecule has 0 atom stereocenters. The first kappa shape index (κ1) is 20.4. The van der Waals surface area contributed by atoms with Gasteiger partial charge in [0.25, 0.3) is 0 Å². The van der Waals surface area contributed by atoms with E-state index in [1.54, 1.807) is 24.3 Å². The van der Waals surface area contributed by atoms with Gasteiger partial charge in [-0.2, -0.15) is 10.2 Å². The Hall–Kier alpha value is -2.32. The SMILES string of the molecule is Clc1ccc(NN=C2CCCC2)nn1.Clc1ccc(NN=C2CCCC2)nn1. The number of anilines is 2. The summed E-state index contributed by atoms with van der Waals surface area (Å²) in [7, 11) is 0. The van der Waals surface area contributed by atoms with Crippen molar-refractivity contribution >= 4 is 46.3 Å². The van der Waals surface area contributed by atoms with Gasteiger partial charge in [-0.1, -0.05) is 23.2 Å². The predicted octanol–water partition coefficient (Wildman–Crippen LogP) is 4.94. The van der Waals surface area contributed by atoms with Crippen molar-refractivity contribution in [1.82, 2.24) is 20.4 Å². The van der Waals surface area contributed by atoms with E-state index in [1.807, 2.05) is 0 Å². The van der Waals surface area contributed by atoms with Crippen molar-refractivity contribution in [2.24, 2.45) is 10.2 Å². The zero-order valence-corrected chi connectivity index (χ0v) is 16.9. The Morgan fingerprint density at radius 1 is 0.607 bits per heavy atom. The number of nitrogens with zero attached hydrogens (tertiary/aromatic N) is 6. The molecular formula is C18H22Cl2N8. The molecule has 2 aromatic rings. The third-order valence-electron chi connectivity index (χ3n) is 4.28. The maximum absolute atomic E-state index is 5.60. The molecule has 2 aliphatic rings. The molecule has 0 spiro atoms. The number of hydrogen-bond acceptors (Lipinski definition) is 8. The quantitative estimate of drug-likeness (QED) is 0.678. The van der Waals surface area contributed by atoms with E-state index in [0.29, 0.717) is 21.9 Å². The van der Waals surface area contributed by atoms with Crippen molar-refractivity contribution in [1.29, 1.82) is 0 Å². The molecule has 0 bridgehead atoms. The molecule has 2 heterocycles. The lowest BCUT2D eigenvalue weighted by atomic mass is 10.3. The van der Waals surface area contributed by atoms with Gasteiger partial charge in [-0.3, -0.25) is 10.9 Å². The third-order valence-corrected chi connectivity index (χ3v) is 4.69. The van der Waals surface area contributed by atoms with Crippen LogP contribution in [0, 0.1) is 0 Å². The molecule has 2 N–H and O–H groups in total. The fraction of sp³-hybridized carbons (Fsp3) is 0.444. The molecule has 2 saturated carbocycles. The molecule has 8 nitrogen and oxygen atoms in total. The smallest absolute Gasteiger partial charge is 0.168 e. The van der Waals surface area contributed by atoms with Crippen LogP contribution in [-0.2, 0) is 0 Å². The minimum absolute atomic E-state index is 0.393. The molecule has 0 aliphatic heterocycles. The maximum atomic E-state index is 5.60. The highest BCUT2D eigenvalue weighted by Crippen LogP contribution is 2.16. The molecule has 0 saturated heterocycles. The second-order valence-corrected chi connectivity index (χ2v) is 7.25. The number of hydrazone groups is 2. The monoisotopic (exact) mass is 420 g/mol. The number of hydrogen-bond donors (Lipinski definition) is 2. The zero-order valence-electron chi connectivity index (χ0n) is 15.4. The van der Waals surface area contributed by atoms with Gasteiger partial charge in [0.05, 0.1) is 0 Å². The van der Waals surface area contributed by atoms with Gasteiger partial charge in [-0.25, -0.2) is 0 Å². The Balaban J connectivity index is 0.000000161. The van der Waals surface area contributed by atoms with E-state index in [0.717, 1.165) is 25.7 Å². The van der Waals surface area contributed by atoms with Crippen molar-refractivity contribution in [2.75, 3.05) is 10.9 Å². The molecular weight excluding hydrogens is 399 g/mol. The average molecular weight is 421 g/mol. The van der Waals surface area contributed by atoms with E-state index >= 15 is 0 Å². The summed E-state index contributed by atoms with van der Waals surface area (Å²) < 4.78 is 0. The first-order chi connectivity index (χ1) is 13.7. The van der Waals surface area contributed by atoms with Crippen LogP contribution in [0.4, 0.5) is 11.6 Å². The topological polar surface area (TPSA) is 100 Å². The van der Waals surface area contributed by atoms with Crippen molar-refractivity contribution in [3.8, 4) is 0 Å². The normalized spacial score (nSPS) is 15.6. The second kappa shape index (κ2) is 10.9. The summed E-state index contributed by atoms with van der Waals surface area (Å²) in [4.78, 5) is 0. The highest BCUT2D eigenvalue weighted by atomic mass is 35.5. The van der Waals surface area contributed by atoms with Gasteiger partial charge >= 0.3 is 0 Å². The standard InChI is InChI=1S/2C9H11ClN4/c2*10-8-5-6-9(14-12-8)13-11-7-3-1-2-4-7/h2*5-6H,1-4H2,(H,13,14). The van der Waals surface area contributed by atoms with Crippen LogP contribution in [0.2, 0.25) is 10.3 Å². The molecule has 0 radical (unpaired) electrons. The molecule has 4 rings (SSSR count). The first-order valence-electron chi connectivity index (χ1n) is 9.30. The molecule has 0 aromatic carbocycles. The van der Waals surface area contributed by atoms with Crippen LogP contribution in [0.3, 0.4) is 0 Å². The second-order valence-electron chi connectivity index (χ2n) is 6.48. The summed E-state index contributed by atoms with van der Waals surface area (Å²) in [6.07, 6.45) is 9.34. The largest absolute Gasteiger partial charge is 0.260 e. The molecule has 0 unspecified atom stereocenters. The Bertz CT molecular complexity index is 720. The fourth-order valence-corrected chi connectivity index (χ4v) is 3.02. The summed E-state index contributed by atoms with van der Waals surface area (Å²) in [5.74, 6) is 1.27. The average Bonchev–Trinajstić information content (AvgIpc) is 3.42. The highest BCUT2D eigenvalue weighted by molar-refractivity contribution is 6.29. The van der Waals surface area contributed by atoms with Gasteiger partial charge in [-0.15, -0.1) is 20.4 Å². The summed E-state index contributed by atoms with van der Waals surface area (Å²) in [6, 6.07) is 6.89. The van der Waals surface area contributed by atoms with E-state index in [2.05, 4.69) is 41.4 Å². The van der Waals surface area contributed by atoms with E-state index in [4.69, 9.17) is 23.2 Å². The van der Waals surface area contributed by atoms with Crippen molar-refractivity contribution in [2.45, 2.75) is 51.4 Å². The minimum Gasteiger partial charge on any atom is -0.260 e. The van der Waals surface area contributed by atoms with Crippen molar-refractivity contribution < 1.29 is 0 Å². The summed E-state index contributed by atoms with van der Waals surface area (Å²) in [5, 5.41) is 24.4. The Morgan fingerprint density at radius 2 is 1.00 bits per heavy atom. The Kier molecular flexibility index (Phi) is 7.93. The van der Waals surface area contributed by atoms with Gasteiger partial charge in [0.15, 0.2) is 21.9 Å². The molecule has 2 fully saturated rings. The van der Waals surface area contributed by atoms with Crippen LogP contribution >= 0.6 is 23.2 Å². The van der Waals surface area contributed by atoms with E-state index < -0.39 is 0 Å². The van der Waals surface area contributed by atoms with Crippen LogP contribution in [0.5, 0.6) is 0 Å². The van der Waals surface area contributed by atoms with Crippen molar-refractivity contribution in [3.63, 3.8) is 0 Å². The predicted molar refractivity (Wildman–Crippen MR) is 113 cm³/mol. The minimum atomic E-state index is 0.393. The summed E-state index contributed by atoms with van der Waals surface area (Å²) >= 11 is 11.2. The Morgan fingerprint density at radius 3 is 1.32 bits per heavy atom. The third kappa shape index (κ3) is 7.01. The lowest BCUT2D eigenvalue weighted by molar-refractivity contribution is 0.886. The van der Waals surface area contributed by atoms with E-state index in [9.17, 15) is 0 Å². The van der Waals surface area contributed by atoms with Gasteiger partial charge in [-0.05, 0) is 75.6 Å². The first-order valence-corrected chi connectivity index (χ1v) is 10.1. The van der Waals surface area contributed by atoms with Crippen LogP contribution in [0.1, 0.15) is 51.4 Å². The molecule has 2 aromatic heterocycles. The van der Waals surface area contributed by atoms with Gasteiger partial charge in [0.1, 0.15) is 0 Å². The highest BCUT2D eigenvalue weighted by Gasteiger charge is 2.08. The molecule has 28 heavy (non-hydrogen) atoms. The fourth-order valence-electron chi connectivity index (χ4n) is 2.81. The van der Waals surface area contributed by atoms with Crippen LogP contribution in [0.25, 0.3) is 0 Å². The summed E-state index contributed by atoms with van der Waals surface area (Å²) in [6.45, 7) is 0. The Labute approximate surface area is 173 Å². The summed E-state index contributed by atoms with van der Waals surface area (Å²) in [5.41, 5.74) is 8.16. The molecule has 0 amide bonds. The lowest BCUT2D eigenvalue weighted by Crippen LogP contribution is -1.98. The van der Waals surface area contributed by atoms with E-state index in [-0.39, 0.29) is 0 Å². The van der Waals surface area contributed by atoms with Crippen LogP contribution in [0.15, 0.2) is 34.5 Å². The van der Waals surface area contributed by atoms with Crippen LogP contribution < -0.4 is 10.9 Å². The maximum Gasteiger partial charge on any atom is 0.168 e. The van der Waals surface area contributed by atoms with Crippen LogP contribution in [-0.4, -0.2) is 31.8 Å².